The third-order valence-electron chi connectivity index (χ3n) is 1.74. The van der Waals surface area contributed by atoms with Gasteiger partial charge in [0.15, 0.2) is 0 Å². The molecular weight excluding hydrogens is 148 g/mol. The Labute approximate surface area is 65.7 Å². The van der Waals surface area contributed by atoms with E-state index in [-0.39, 0.29) is 12.7 Å². The van der Waals surface area contributed by atoms with E-state index in [2.05, 4.69) is 0 Å². The van der Waals surface area contributed by atoms with Crippen LogP contribution in [0.5, 0.6) is 0 Å². The fraction of sp³-hybridized carbons (Fsp3) is 1.00. The van der Waals surface area contributed by atoms with E-state index < -0.39 is 12.2 Å². The number of hydrogen-bond donors (Lipinski definition) is 2. The van der Waals surface area contributed by atoms with E-state index in [9.17, 15) is 5.11 Å². The van der Waals surface area contributed by atoms with Crippen LogP contribution >= 0.6 is 0 Å². The van der Waals surface area contributed by atoms with Gasteiger partial charge in [0, 0.05) is 6.61 Å². The Balaban J connectivity index is 2.24. The van der Waals surface area contributed by atoms with Gasteiger partial charge in [-0.3, -0.25) is 0 Å². The lowest BCUT2D eigenvalue weighted by Crippen LogP contribution is -2.32. The van der Waals surface area contributed by atoms with E-state index in [1.165, 1.54) is 0 Å². The van der Waals surface area contributed by atoms with E-state index in [4.69, 9.17) is 14.6 Å². The summed E-state index contributed by atoms with van der Waals surface area (Å²) in [6, 6.07) is 0. The van der Waals surface area contributed by atoms with Crippen molar-refractivity contribution >= 4 is 0 Å². The largest absolute Gasteiger partial charge is 0.388 e. The van der Waals surface area contributed by atoms with Gasteiger partial charge >= 0.3 is 0 Å². The fourth-order valence-electron chi connectivity index (χ4n) is 1.05. The van der Waals surface area contributed by atoms with Crippen LogP contribution in [-0.2, 0) is 9.47 Å². The number of aliphatic hydroxyl groups excluding tert-OH is 2. The molecule has 0 radical (unpaired) electrons. The first-order chi connectivity index (χ1) is 5.25. The number of ether oxygens (including phenoxy) is 2. The molecule has 4 nitrogen and oxygen atoms in total. The highest BCUT2D eigenvalue weighted by molar-refractivity contribution is 4.82. The second-order valence-electron chi connectivity index (χ2n) is 2.59. The third-order valence-corrected chi connectivity index (χ3v) is 1.74. The second kappa shape index (κ2) is 4.01. The summed E-state index contributed by atoms with van der Waals surface area (Å²) in [5.74, 6) is 0. The molecule has 1 aliphatic rings. The number of rotatable bonds is 3. The van der Waals surface area contributed by atoms with Gasteiger partial charge in [-0.05, 0) is 6.92 Å². The molecule has 1 heterocycles. The molecule has 1 saturated heterocycles. The van der Waals surface area contributed by atoms with Gasteiger partial charge in [-0.15, -0.1) is 0 Å². The molecule has 11 heavy (non-hydrogen) atoms. The molecule has 66 valence electrons. The minimum Gasteiger partial charge on any atom is -0.388 e. The molecule has 0 aliphatic carbocycles. The zero-order chi connectivity index (χ0) is 8.27. The molecule has 0 spiro atoms. The van der Waals surface area contributed by atoms with Gasteiger partial charge < -0.3 is 19.7 Å². The lowest BCUT2D eigenvalue weighted by Gasteiger charge is -2.13. The van der Waals surface area contributed by atoms with E-state index in [1.807, 2.05) is 6.92 Å². The van der Waals surface area contributed by atoms with Gasteiger partial charge in [-0.1, -0.05) is 0 Å². The first kappa shape index (κ1) is 8.93. The standard InChI is InChI=1S/C7H14O4/c1-2-10-4-6-7(9)5(8)3-11-6/h5-9H,2-4H2,1H3/t5-,6+,7-/m0/s1. The van der Waals surface area contributed by atoms with Gasteiger partial charge in [-0.2, -0.15) is 0 Å². The molecule has 0 saturated carbocycles. The van der Waals surface area contributed by atoms with Crippen molar-refractivity contribution in [3.63, 3.8) is 0 Å². The number of hydrogen-bond acceptors (Lipinski definition) is 4. The van der Waals surface area contributed by atoms with Crippen molar-refractivity contribution in [3.8, 4) is 0 Å². The smallest absolute Gasteiger partial charge is 0.110 e. The van der Waals surface area contributed by atoms with Crippen molar-refractivity contribution in [2.75, 3.05) is 19.8 Å². The van der Waals surface area contributed by atoms with Crippen LogP contribution < -0.4 is 0 Å². The highest BCUT2D eigenvalue weighted by Crippen LogP contribution is 2.13. The molecule has 0 aromatic rings. The average Bonchev–Trinajstić information content (AvgIpc) is 2.31. The summed E-state index contributed by atoms with van der Waals surface area (Å²) in [7, 11) is 0. The van der Waals surface area contributed by atoms with Crippen LogP contribution in [0.4, 0.5) is 0 Å². The molecular formula is C7H14O4. The van der Waals surface area contributed by atoms with Crippen LogP contribution in [0.2, 0.25) is 0 Å². The van der Waals surface area contributed by atoms with E-state index in [1.54, 1.807) is 0 Å². The third kappa shape index (κ3) is 2.13. The highest BCUT2D eigenvalue weighted by Gasteiger charge is 2.34. The van der Waals surface area contributed by atoms with Crippen LogP contribution in [0.15, 0.2) is 0 Å². The predicted molar refractivity (Wildman–Crippen MR) is 38.2 cm³/mol. The molecule has 1 rings (SSSR count). The lowest BCUT2D eigenvalue weighted by atomic mass is 10.2. The molecule has 2 N–H and O–H groups in total. The number of aliphatic hydroxyl groups is 2. The van der Waals surface area contributed by atoms with Crippen LogP contribution in [0.25, 0.3) is 0 Å². The Morgan fingerprint density at radius 1 is 1.55 bits per heavy atom. The normalized spacial score (nSPS) is 37.9. The summed E-state index contributed by atoms with van der Waals surface area (Å²) >= 11 is 0. The molecule has 1 aliphatic heterocycles. The van der Waals surface area contributed by atoms with E-state index in [0.717, 1.165) is 0 Å². The molecule has 4 heteroatoms. The van der Waals surface area contributed by atoms with Gasteiger partial charge in [0.05, 0.1) is 13.2 Å². The van der Waals surface area contributed by atoms with E-state index >= 15 is 0 Å². The van der Waals surface area contributed by atoms with Gasteiger partial charge in [0.1, 0.15) is 18.3 Å². The SMILES string of the molecule is CCOC[C@H]1OC[C@H](O)[C@@H]1O. The maximum Gasteiger partial charge on any atom is 0.110 e. The second-order valence-corrected chi connectivity index (χ2v) is 2.59. The topological polar surface area (TPSA) is 58.9 Å². The fourth-order valence-corrected chi connectivity index (χ4v) is 1.05. The predicted octanol–water partition coefficient (Wildman–Crippen LogP) is -0.857. The van der Waals surface area contributed by atoms with Crippen LogP contribution in [0, 0.1) is 0 Å². The minimum absolute atomic E-state index is 0.207. The molecule has 0 amide bonds. The van der Waals surface area contributed by atoms with Gasteiger partial charge in [0.25, 0.3) is 0 Å². The van der Waals surface area contributed by atoms with Crippen molar-refractivity contribution in [2.24, 2.45) is 0 Å². The first-order valence-electron chi connectivity index (χ1n) is 3.81. The average molecular weight is 162 g/mol. The van der Waals surface area contributed by atoms with Crippen LogP contribution in [0.3, 0.4) is 0 Å². The maximum atomic E-state index is 9.23. The lowest BCUT2D eigenvalue weighted by molar-refractivity contribution is -0.0274. The summed E-state index contributed by atoms with van der Waals surface area (Å²) < 4.78 is 10.1. The Hall–Kier alpha value is -0.160. The molecule has 0 bridgehead atoms. The quantitative estimate of drug-likeness (QED) is 0.567. The van der Waals surface area contributed by atoms with Crippen LogP contribution in [-0.4, -0.2) is 48.3 Å². The van der Waals surface area contributed by atoms with Crippen molar-refractivity contribution < 1.29 is 19.7 Å². The molecule has 0 aromatic heterocycles. The van der Waals surface area contributed by atoms with Crippen molar-refractivity contribution in [2.45, 2.75) is 25.2 Å². The Morgan fingerprint density at radius 2 is 2.27 bits per heavy atom. The minimum atomic E-state index is -0.790. The summed E-state index contributed by atoms with van der Waals surface area (Å²) in [6.45, 7) is 3.04. The van der Waals surface area contributed by atoms with Crippen molar-refractivity contribution in [1.82, 2.24) is 0 Å². The zero-order valence-electron chi connectivity index (χ0n) is 6.56. The summed E-state index contributed by atoms with van der Waals surface area (Å²) in [6.07, 6.45) is -1.90. The first-order valence-corrected chi connectivity index (χ1v) is 3.81. The molecule has 1 fully saturated rings. The van der Waals surface area contributed by atoms with Gasteiger partial charge in [-0.25, -0.2) is 0 Å². The monoisotopic (exact) mass is 162 g/mol. The summed E-state index contributed by atoms with van der Waals surface area (Å²) in [4.78, 5) is 0. The maximum absolute atomic E-state index is 9.23. The highest BCUT2D eigenvalue weighted by atomic mass is 16.6. The molecule has 0 unspecified atom stereocenters. The Morgan fingerprint density at radius 3 is 2.73 bits per heavy atom. The zero-order valence-corrected chi connectivity index (χ0v) is 6.56. The van der Waals surface area contributed by atoms with Crippen molar-refractivity contribution in [3.05, 3.63) is 0 Å². The summed E-state index contributed by atoms with van der Waals surface area (Å²) in [5, 5.41) is 18.3. The van der Waals surface area contributed by atoms with Crippen molar-refractivity contribution in [1.29, 1.82) is 0 Å². The summed E-state index contributed by atoms with van der Waals surface area (Å²) in [5.41, 5.74) is 0. The van der Waals surface area contributed by atoms with Crippen LogP contribution in [0.1, 0.15) is 6.92 Å². The van der Waals surface area contributed by atoms with Gasteiger partial charge in [0.2, 0.25) is 0 Å². The Kier molecular flexibility index (Phi) is 3.26. The van der Waals surface area contributed by atoms with E-state index in [0.29, 0.717) is 13.2 Å². The Bertz CT molecular complexity index is 117. The molecule has 3 atom stereocenters. The molecule has 0 aromatic carbocycles.